The first-order chi connectivity index (χ1) is 28.5. The van der Waals surface area contributed by atoms with Crippen LogP contribution in [0.15, 0.2) is 188 Å². The molecule has 298 valence electrons. The molecule has 0 N–H and O–H groups in total. The van der Waals surface area contributed by atoms with Gasteiger partial charge in [-0.25, -0.2) is 0 Å². The van der Waals surface area contributed by atoms with Gasteiger partial charge in [-0.1, -0.05) is 120 Å². The molecule has 0 spiro atoms. The molecule has 0 saturated carbocycles. The summed E-state index contributed by atoms with van der Waals surface area (Å²) in [6.45, 7) is 4.93. The molecule has 0 amide bonds. The van der Waals surface area contributed by atoms with E-state index in [-0.39, 0.29) is 14.3 Å². The highest BCUT2D eigenvalue weighted by atomic mass is 31.3. The first kappa shape index (κ1) is 40.7. The monoisotopic (exact) mass is 854 g/mol. The first-order valence-electron chi connectivity index (χ1n) is 18.6. The lowest BCUT2D eigenvalue weighted by Gasteiger charge is -2.29. The van der Waals surface area contributed by atoms with Gasteiger partial charge in [0.05, 0.1) is 13.2 Å². The Hall–Kier alpha value is -5.49. The van der Waals surface area contributed by atoms with Gasteiger partial charge in [0.1, 0.15) is 28.7 Å². The Morgan fingerprint density at radius 3 is 1.22 bits per heavy atom. The van der Waals surface area contributed by atoms with Crippen LogP contribution in [0.25, 0.3) is 0 Å². The zero-order valence-corrected chi connectivity index (χ0v) is 35.4. The summed E-state index contributed by atoms with van der Waals surface area (Å²) in [5.74, 6) is 3.29. The molecule has 7 rings (SSSR count). The molecule has 16 heteroatoms. The van der Waals surface area contributed by atoms with Gasteiger partial charge >= 0.3 is 23.0 Å². The molecule has 12 nitrogen and oxygen atoms in total. The molecule has 6 aromatic rings. The number of nitrogens with zero attached hydrogens (tertiary/aromatic N) is 4. The molecule has 0 radical (unpaired) electrons. The van der Waals surface area contributed by atoms with E-state index < -0.39 is 23.0 Å². The van der Waals surface area contributed by atoms with Crippen molar-refractivity contribution in [1.29, 1.82) is 0 Å². The molecular weight excluding hydrogens is 812 g/mol. The van der Waals surface area contributed by atoms with Crippen LogP contribution in [-0.4, -0.2) is 13.2 Å². The molecule has 0 aromatic heterocycles. The Morgan fingerprint density at radius 1 is 0.397 bits per heavy atom. The summed E-state index contributed by atoms with van der Waals surface area (Å²) >= 11 is 0. The van der Waals surface area contributed by atoms with Gasteiger partial charge < -0.3 is 36.6 Å². The van der Waals surface area contributed by atoms with Crippen molar-refractivity contribution in [1.82, 2.24) is 0 Å². The average molecular weight is 855 g/mol. The normalized spacial score (nSPS) is 16.7. The minimum Gasteiger partial charge on any atom is -0.490 e. The van der Waals surface area contributed by atoms with Crippen LogP contribution >= 0.6 is 31.5 Å². The third-order valence-corrected chi connectivity index (χ3v) is 16.4. The third kappa shape index (κ3) is 10.9. The Labute approximate surface area is 340 Å². The van der Waals surface area contributed by atoms with Gasteiger partial charge in [0.15, 0.2) is 20.0 Å². The number of rotatable bonds is 18. The average Bonchev–Trinajstić information content (AvgIpc) is 3.24. The quantitative estimate of drug-likeness (QED) is 0.0783. The van der Waals surface area contributed by atoms with E-state index in [0.29, 0.717) is 53.5 Å². The number of hydrogen-bond donors (Lipinski definition) is 0. The van der Waals surface area contributed by atoms with Crippen molar-refractivity contribution in [3.05, 3.63) is 170 Å². The lowest BCUT2D eigenvalue weighted by atomic mass is 10.3. The van der Waals surface area contributed by atoms with Crippen molar-refractivity contribution in [2.24, 2.45) is 18.1 Å². The summed E-state index contributed by atoms with van der Waals surface area (Å²) in [5.41, 5.74) is 0. The van der Waals surface area contributed by atoms with Crippen molar-refractivity contribution in [3.8, 4) is 46.0 Å². The van der Waals surface area contributed by atoms with E-state index in [2.05, 4.69) is 0 Å². The number of ether oxygens (including phenoxy) is 2. The minimum absolute atomic E-state index is 0.0870. The zero-order chi connectivity index (χ0) is 39.9. The predicted octanol–water partition coefficient (Wildman–Crippen LogP) is 14.9. The smallest absolute Gasteiger partial charge is 0.460 e. The highest BCUT2D eigenvalue weighted by Crippen LogP contribution is 2.74. The molecular formula is C42H42N4O8P4. The summed E-state index contributed by atoms with van der Waals surface area (Å²) in [4.78, 5) is 0. The van der Waals surface area contributed by atoms with Gasteiger partial charge in [0.2, 0.25) is 5.75 Å². The summed E-state index contributed by atoms with van der Waals surface area (Å²) in [5, 5.41) is 0. The van der Waals surface area contributed by atoms with Crippen molar-refractivity contribution >= 4 is 31.5 Å². The molecule has 0 saturated heterocycles. The van der Waals surface area contributed by atoms with Gasteiger partial charge in [0, 0.05) is 0 Å². The minimum atomic E-state index is -4.18. The van der Waals surface area contributed by atoms with Crippen molar-refractivity contribution in [2.75, 3.05) is 13.2 Å². The lowest BCUT2D eigenvalue weighted by molar-refractivity contribution is 0.262. The van der Waals surface area contributed by atoms with Gasteiger partial charge in [-0.15, -0.1) is 9.03 Å². The van der Waals surface area contributed by atoms with Crippen LogP contribution in [0.5, 0.6) is 46.0 Å². The molecule has 58 heavy (non-hydrogen) atoms. The SMILES string of the molecule is CCCOc1cccc(OP2(Oc3ccccc3)=NP=NP(Oc3ccccc3)(Oc3ccccc3)=NP(Oc3ccccc3)(Oc3ccccc3)=N2)c1OCCC. The number of para-hydroxylation sites is 6. The van der Waals surface area contributed by atoms with Crippen LogP contribution in [-0.2, 0) is 0 Å². The molecule has 1 atom stereocenters. The van der Waals surface area contributed by atoms with E-state index in [9.17, 15) is 0 Å². The number of benzene rings is 6. The van der Waals surface area contributed by atoms with Gasteiger partial charge in [0.25, 0.3) is 0 Å². The molecule has 1 aliphatic rings. The van der Waals surface area contributed by atoms with E-state index in [1.165, 1.54) is 0 Å². The summed E-state index contributed by atoms with van der Waals surface area (Å²) < 4.78 is 74.4. The van der Waals surface area contributed by atoms with Crippen LogP contribution in [0, 0.1) is 0 Å². The Bertz CT molecular complexity index is 2340. The van der Waals surface area contributed by atoms with Crippen LogP contribution in [0.4, 0.5) is 0 Å². The fraction of sp³-hybridized carbons (Fsp3) is 0.143. The Balaban J connectivity index is 1.54. The Morgan fingerprint density at radius 2 is 0.776 bits per heavy atom. The molecule has 1 aliphatic heterocycles. The maximum absolute atomic E-state index is 6.99. The fourth-order valence-corrected chi connectivity index (χ4v) is 14.4. The summed E-state index contributed by atoms with van der Waals surface area (Å²) in [6, 6.07) is 51.2. The van der Waals surface area contributed by atoms with E-state index >= 15 is 0 Å². The molecule has 0 fully saturated rings. The molecule has 0 bridgehead atoms. The second-order valence-corrected chi connectivity index (χ2v) is 19.4. The van der Waals surface area contributed by atoms with E-state index in [0.717, 1.165) is 12.8 Å². The largest absolute Gasteiger partial charge is 0.490 e. The van der Waals surface area contributed by atoms with E-state index in [1.54, 1.807) is 66.7 Å². The fourth-order valence-electron chi connectivity index (χ4n) is 5.19. The third-order valence-electron chi connectivity index (χ3n) is 7.67. The number of hydrogen-bond acceptors (Lipinski definition) is 12. The lowest BCUT2D eigenvalue weighted by Crippen LogP contribution is -2.08. The van der Waals surface area contributed by atoms with E-state index in [1.807, 2.05) is 117 Å². The summed E-state index contributed by atoms with van der Waals surface area (Å²) in [7, 11) is -12.0. The van der Waals surface area contributed by atoms with Crippen molar-refractivity contribution < 1.29 is 36.6 Å². The molecule has 6 aromatic carbocycles. The summed E-state index contributed by atoms with van der Waals surface area (Å²) in [6.07, 6.45) is 1.53. The van der Waals surface area contributed by atoms with Crippen molar-refractivity contribution in [2.45, 2.75) is 26.7 Å². The van der Waals surface area contributed by atoms with Crippen LogP contribution in [0.2, 0.25) is 0 Å². The van der Waals surface area contributed by atoms with Crippen LogP contribution in [0.3, 0.4) is 0 Å². The first-order valence-corrected chi connectivity index (χ1v) is 24.0. The Kier molecular flexibility index (Phi) is 13.9. The van der Waals surface area contributed by atoms with Gasteiger partial charge in [-0.3, -0.25) is 0 Å². The highest BCUT2D eigenvalue weighted by Gasteiger charge is 2.43. The van der Waals surface area contributed by atoms with Crippen LogP contribution < -0.4 is 36.6 Å². The molecule has 1 unspecified atom stereocenters. The topological polar surface area (TPSA) is 123 Å². The van der Waals surface area contributed by atoms with Crippen LogP contribution in [0.1, 0.15) is 26.7 Å². The second-order valence-electron chi connectivity index (χ2n) is 12.3. The van der Waals surface area contributed by atoms with Crippen molar-refractivity contribution in [3.63, 3.8) is 0 Å². The highest BCUT2D eigenvalue weighted by molar-refractivity contribution is 7.75. The van der Waals surface area contributed by atoms with Gasteiger partial charge in [-0.05, 0) is 85.6 Å². The zero-order valence-electron chi connectivity index (χ0n) is 31.8. The standard InChI is InChI=1S/C42H42N4O8P4/c1-3-33-47-40-31-20-32-41(42(40)48-34-4-2)54-57(51-37-25-14-7-15-26-37)44-55-43-56(49-35-21-10-5-11-22-35,50-36-23-12-6-13-24-36)45-58(46-57,52-38-27-16-8-17-28-38)53-39-29-18-9-19-30-39/h5-32H,3-4,33-34H2,1-2H3. The maximum Gasteiger partial charge on any atom is 0.460 e. The molecule has 0 aliphatic carbocycles. The maximum atomic E-state index is 6.99. The molecule has 1 heterocycles. The second kappa shape index (κ2) is 19.8. The van der Waals surface area contributed by atoms with E-state index in [4.69, 9.17) is 54.7 Å². The van der Waals surface area contributed by atoms with Gasteiger partial charge in [-0.2, -0.15) is 0 Å². The predicted molar refractivity (Wildman–Crippen MR) is 231 cm³/mol.